The fourth-order valence-electron chi connectivity index (χ4n) is 2.33. The predicted octanol–water partition coefficient (Wildman–Crippen LogP) is 2.99. The van der Waals surface area contributed by atoms with Crippen molar-refractivity contribution in [2.45, 2.75) is 6.54 Å². The molecule has 1 heterocycles. The number of imidazole rings is 1. The van der Waals surface area contributed by atoms with E-state index in [2.05, 4.69) is 15.3 Å². The van der Waals surface area contributed by atoms with E-state index in [9.17, 15) is 20.2 Å². The van der Waals surface area contributed by atoms with Crippen LogP contribution in [0, 0.1) is 20.2 Å². The second kappa shape index (κ2) is 5.72. The first-order valence-corrected chi connectivity index (χ1v) is 6.64. The minimum absolute atomic E-state index is 0.0798. The van der Waals surface area contributed by atoms with E-state index in [0.29, 0.717) is 0 Å². The largest absolute Gasteiger partial charge is 0.370 e. The Balaban J connectivity index is 2.12. The summed E-state index contributed by atoms with van der Waals surface area (Å²) in [5.74, 6) is 0. The minimum atomic E-state index is -0.663. The number of rotatable bonds is 5. The van der Waals surface area contributed by atoms with E-state index in [0.717, 1.165) is 5.56 Å². The predicted molar refractivity (Wildman–Crippen MR) is 83.2 cm³/mol. The number of anilines is 1. The molecular weight excluding hydrogens is 302 g/mol. The summed E-state index contributed by atoms with van der Waals surface area (Å²) in [6.07, 6.45) is 1.27. The van der Waals surface area contributed by atoms with Crippen LogP contribution in [0.15, 0.2) is 42.7 Å². The molecule has 3 aromatic rings. The van der Waals surface area contributed by atoms with Crippen molar-refractivity contribution in [2.24, 2.45) is 0 Å². The third kappa shape index (κ3) is 2.67. The van der Waals surface area contributed by atoms with Crippen LogP contribution < -0.4 is 5.32 Å². The lowest BCUT2D eigenvalue weighted by Gasteiger charge is -2.08. The highest BCUT2D eigenvalue weighted by atomic mass is 16.6. The number of hydrogen-bond donors (Lipinski definition) is 2. The van der Waals surface area contributed by atoms with Gasteiger partial charge in [0.05, 0.1) is 21.7 Å². The van der Waals surface area contributed by atoms with Crippen LogP contribution in [-0.4, -0.2) is 19.8 Å². The monoisotopic (exact) mass is 313 g/mol. The molecule has 0 fully saturated rings. The molecule has 0 spiro atoms. The summed E-state index contributed by atoms with van der Waals surface area (Å²) in [6.45, 7) is 0.221. The van der Waals surface area contributed by atoms with Crippen molar-refractivity contribution < 1.29 is 9.85 Å². The molecule has 0 saturated carbocycles. The van der Waals surface area contributed by atoms with Gasteiger partial charge in [0.2, 0.25) is 0 Å². The van der Waals surface area contributed by atoms with E-state index < -0.39 is 15.5 Å². The topological polar surface area (TPSA) is 127 Å². The van der Waals surface area contributed by atoms with Gasteiger partial charge in [0, 0.05) is 12.6 Å². The first-order valence-electron chi connectivity index (χ1n) is 6.64. The number of nitro groups is 2. The van der Waals surface area contributed by atoms with Crippen molar-refractivity contribution in [3.63, 3.8) is 0 Å². The minimum Gasteiger partial charge on any atom is -0.370 e. The Labute approximate surface area is 129 Å². The van der Waals surface area contributed by atoms with Gasteiger partial charge in [-0.2, -0.15) is 0 Å². The van der Waals surface area contributed by atoms with Gasteiger partial charge < -0.3 is 10.3 Å². The van der Waals surface area contributed by atoms with Gasteiger partial charge in [-0.05, 0) is 5.56 Å². The molecule has 1 aromatic heterocycles. The van der Waals surface area contributed by atoms with Crippen molar-refractivity contribution in [3.05, 3.63) is 68.5 Å². The zero-order valence-electron chi connectivity index (χ0n) is 11.7. The summed E-state index contributed by atoms with van der Waals surface area (Å²) in [7, 11) is 0. The van der Waals surface area contributed by atoms with Crippen LogP contribution in [0.4, 0.5) is 17.1 Å². The second-order valence-corrected chi connectivity index (χ2v) is 4.77. The summed E-state index contributed by atoms with van der Waals surface area (Å²) in [6, 6.07) is 10.3. The van der Waals surface area contributed by atoms with Crippen LogP contribution in [0.2, 0.25) is 0 Å². The summed E-state index contributed by atoms with van der Waals surface area (Å²) < 4.78 is 0. The Kier molecular flexibility index (Phi) is 3.59. The van der Waals surface area contributed by atoms with Gasteiger partial charge >= 0.3 is 11.4 Å². The zero-order chi connectivity index (χ0) is 16.4. The van der Waals surface area contributed by atoms with Crippen molar-refractivity contribution in [1.82, 2.24) is 9.97 Å². The number of nitrogens with one attached hydrogen (secondary N) is 2. The lowest BCUT2D eigenvalue weighted by atomic mass is 10.1. The Morgan fingerprint density at radius 2 is 1.87 bits per heavy atom. The van der Waals surface area contributed by atoms with E-state index in [4.69, 9.17) is 0 Å². The van der Waals surface area contributed by atoms with Gasteiger partial charge in [0.1, 0.15) is 0 Å². The first kappa shape index (κ1) is 14.4. The van der Waals surface area contributed by atoms with Gasteiger partial charge in [-0.1, -0.05) is 30.3 Å². The third-order valence-electron chi connectivity index (χ3n) is 3.36. The summed E-state index contributed by atoms with van der Waals surface area (Å²) in [4.78, 5) is 27.9. The number of aromatic nitrogens is 2. The SMILES string of the molecule is O=[N+]([O-])c1cc2[nH]cnc2c([N+](=O)[O-])c1NCc1ccccc1. The molecule has 0 unspecified atom stereocenters. The molecule has 23 heavy (non-hydrogen) atoms. The van der Waals surface area contributed by atoms with E-state index >= 15 is 0 Å². The van der Waals surface area contributed by atoms with Crippen LogP contribution in [0.3, 0.4) is 0 Å². The average molecular weight is 313 g/mol. The van der Waals surface area contributed by atoms with E-state index in [1.54, 1.807) is 0 Å². The fourth-order valence-corrected chi connectivity index (χ4v) is 2.33. The van der Waals surface area contributed by atoms with Gasteiger partial charge in [-0.3, -0.25) is 20.2 Å². The van der Waals surface area contributed by atoms with Crippen molar-refractivity contribution in [2.75, 3.05) is 5.32 Å². The van der Waals surface area contributed by atoms with Gasteiger partial charge in [0.25, 0.3) is 0 Å². The van der Waals surface area contributed by atoms with Crippen LogP contribution in [0.25, 0.3) is 11.0 Å². The standard InChI is InChI=1S/C14H11N5O4/c20-18(21)11-6-10-12(17-8-16-10)14(19(22)23)13(11)15-7-9-4-2-1-3-5-9/h1-6,8,15H,7H2,(H,16,17). The summed E-state index contributed by atoms with van der Waals surface area (Å²) >= 11 is 0. The maximum absolute atomic E-state index is 11.4. The molecule has 0 aliphatic rings. The third-order valence-corrected chi connectivity index (χ3v) is 3.36. The highest BCUT2D eigenvalue weighted by Gasteiger charge is 2.30. The number of aromatic amines is 1. The van der Waals surface area contributed by atoms with Crippen LogP contribution in [0.1, 0.15) is 5.56 Å². The maximum atomic E-state index is 11.4. The fraction of sp³-hybridized carbons (Fsp3) is 0.0714. The van der Waals surface area contributed by atoms with E-state index in [1.807, 2.05) is 30.3 Å². The molecule has 3 rings (SSSR count). The Morgan fingerprint density at radius 1 is 1.13 bits per heavy atom. The van der Waals surface area contributed by atoms with Gasteiger partial charge in [-0.15, -0.1) is 0 Å². The molecule has 116 valence electrons. The average Bonchev–Trinajstić information content (AvgIpc) is 3.00. The second-order valence-electron chi connectivity index (χ2n) is 4.77. The first-order chi connectivity index (χ1) is 11.1. The lowest BCUT2D eigenvalue weighted by molar-refractivity contribution is -0.391. The number of fused-ring (bicyclic) bond motifs is 1. The molecule has 0 atom stereocenters. The number of H-pyrrole nitrogens is 1. The van der Waals surface area contributed by atoms with Crippen LogP contribution in [0.5, 0.6) is 0 Å². The molecule has 0 bridgehead atoms. The van der Waals surface area contributed by atoms with Gasteiger partial charge in [0.15, 0.2) is 11.2 Å². The van der Waals surface area contributed by atoms with Crippen molar-refractivity contribution in [3.8, 4) is 0 Å². The quantitative estimate of drug-likeness (QED) is 0.550. The van der Waals surface area contributed by atoms with Crippen LogP contribution >= 0.6 is 0 Å². The van der Waals surface area contributed by atoms with Gasteiger partial charge in [-0.25, -0.2) is 4.98 Å². The summed E-state index contributed by atoms with van der Waals surface area (Å²) in [5.41, 5.74) is 0.238. The Hall–Kier alpha value is -3.49. The molecule has 9 nitrogen and oxygen atoms in total. The molecule has 0 aliphatic carbocycles. The maximum Gasteiger partial charge on any atom is 0.327 e. The smallest absolute Gasteiger partial charge is 0.327 e. The number of benzene rings is 2. The molecule has 0 aliphatic heterocycles. The van der Waals surface area contributed by atoms with Crippen molar-refractivity contribution in [1.29, 1.82) is 0 Å². The Morgan fingerprint density at radius 3 is 2.52 bits per heavy atom. The number of hydrogen-bond acceptors (Lipinski definition) is 6. The number of nitro benzene ring substituents is 2. The summed E-state index contributed by atoms with van der Waals surface area (Å²) in [5, 5.41) is 25.5. The number of nitrogens with zero attached hydrogens (tertiary/aromatic N) is 3. The molecular formula is C14H11N5O4. The van der Waals surface area contributed by atoms with E-state index in [-0.39, 0.29) is 29.0 Å². The Bertz CT molecular complexity index is 891. The van der Waals surface area contributed by atoms with E-state index in [1.165, 1.54) is 12.4 Å². The molecule has 2 aromatic carbocycles. The molecule has 2 N–H and O–H groups in total. The molecule has 0 radical (unpaired) electrons. The highest BCUT2D eigenvalue weighted by molar-refractivity contribution is 5.96. The van der Waals surface area contributed by atoms with Crippen molar-refractivity contribution >= 4 is 28.1 Å². The zero-order valence-corrected chi connectivity index (χ0v) is 11.7. The highest BCUT2D eigenvalue weighted by Crippen LogP contribution is 2.39. The molecule has 0 amide bonds. The lowest BCUT2D eigenvalue weighted by Crippen LogP contribution is -2.06. The molecule has 0 saturated heterocycles. The van der Waals surface area contributed by atoms with Crippen LogP contribution in [-0.2, 0) is 6.54 Å². The molecule has 9 heteroatoms. The normalized spacial score (nSPS) is 10.6.